The van der Waals surface area contributed by atoms with Crippen molar-refractivity contribution in [2.24, 2.45) is 5.41 Å². The van der Waals surface area contributed by atoms with Crippen molar-refractivity contribution in [3.63, 3.8) is 0 Å². The molecule has 0 aromatic heterocycles. The second-order valence-corrected chi connectivity index (χ2v) is 15.8. The topological polar surface area (TPSA) is 171 Å². The fourth-order valence-corrected chi connectivity index (χ4v) is 6.70. The average molecular weight is 720 g/mol. The lowest BCUT2D eigenvalue weighted by molar-refractivity contribution is -0.384. The van der Waals surface area contributed by atoms with Gasteiger partial charge in [-0.2, -0.15) is 0 Å². The molecule has 1 amide bonds. The first-order valence-electron chi connectivity index (χ1n) is 17.4. The van der Waals surface area contributed by atoms with Gasteiger partial charge in [-0.3, -0.25) is 24.4 Å². The smallest absolute Gasteiger partial charge is 0.270 e. The summed E-state index contributed by atoms with van der Waals surface area (Å²) >= 11 is 6.35. The Hall–Kier alpha value is -3.51. The number of rotatable bonds is 24. The van der Waals surface area contributed by atoms with Crippen molar-refractivity contribution in [1.82, 2.24) is 0 Å². The van der Waals surface area contributed by atoms with Crippen molar-refractivity contribution in [3.05, 3.63) is 57.1 Å². The Morgan fingerprint density at radius 1 is 0.878 bits per heavy atom. The molecule has 0 saturated heterocycles. The zero-order valence-corrected chi connectivity index (χ0v) is 31.0. The largest absolute Gasteiger partial charge is 0.367 e. The fourth-order valence-electron chi connectivity index (χ4n) is 5.36. The number of carbonyl (C=O) groups is 2. The molecule has 1 unspecified atom stereocenters. The van der Waals surface area contributed by atoms with Gasteiger partial charge in [-0.25, -0.2) is 8.42 Å². The number of halogens is 1. The highest BCUT2D eigenvalue weighted by Gasteiger charge is 2.35. The van der Waals surface area contributed by atoms with Crippen LogP contribution in [-0.4, -0.2) is 43.0 Å². The van der Waals surface area contributed by atoms with E-state index >= 15 is 0 Å². The molecule has 49 heavy (non-hydrogen) atoms. The van der Waals surface area contributed by atoms with Crippen molar-refractivity contribution in [2.45, 2.75) is 124 Å². The van der Waals surface area contributed by atoms with Gasteiger partial charge in [-0.15, -0.1) is 0 Å². The summed E-state index contributed by atoms with van der Waals surface area (Å²) in [5.41, 5.74) is -0.625. The molecule has 2 rings (SSSR count). The second kappa shape index (κ2) is 20.9. The normalized spacial score (nSPS) is 12.3. The summed E-state index contributed by atoms with van der Waals surface area (Å²) < 4.78 is 28.2. The van der Waals surface area contributed by atoms with E-state index in [1.807, 2.05) is 0 Å². The number of nitrogens with one attached hydrogen (secondary N) is 4. The number of ketones is 1. The number of hydrogen-bond donors (Lipinski definition) is 4. The third-order valence-electron chi connectivity index (χ3n) is 8.23. The number of nitro benzene ring substituents is 1. The minimum Gasteiger partial charge on any atom is -0.367 e. The minimum atomic E-state index is -3.66. The van der Waals surface area contributed by atoms with Crippen molar-refractivity contribution in [3.8, 4) is 0 Å². The number of non-ortho nitro benzene ring substituents is 1. The fraction of sp³-hybridized carbons (Fsp3) is 0.583. The lowest BCUT2D eigenvalue weighted by Gasteiger charge is -2.26. The number of nitro groups is 1. The van der Waals surface area contributed by atoms with E-state index in [0.717, 1.165) is 31.5 Å². The maximum atomic E-state index is 13.5. The zero-order valence-electron chi connectivity index (χ0n) is 29.4. The van der Waals surface area contributed by atoms with Gasteiger partial charge in [0.25, 0.3) is 11.6 Å². The number of amides is 1. The van der Waals surface area contributed by atoms with Crippen LogP contribution in [0.15, 0.2) is 36.4 Å². The third kappa shape index (κ3) is 15.3. The van der Waals surface area contributed by atoms with Gasteiger partial charge < -0.3 is 16.0 Å². The molecule has 0 spiro atoms. The van der Waals surface area contributed by atoms with Gasteiger partial charge >= 0.3 is 0 Å². The van der Waals surface area contributed by atoms with E-state index in [2.05, 4.69) is 22.3 Å². The van der Waals surface area contributed by atoms with Crippen molar-refractivity contribution < 1.29 is 22.9 Å². The van der Waals surface area contributed by atoms with Crippen LogP contribution < -0.4 is 15.4 Å². The van der Waals surface area contributed by atoms with E-state index in [9.17, 15) is 28.1 Å². The molecule has 0 saturated carbocycles. The van der Waals surface area contributed by atoms with E-state index in [1.165, 1.54) is 94.5 Å². The number of carbonyl (C=O) groups excluding carboxylic acids is 2. The van der Waals surface area contributed by atoms with E-state index < -0.39 is 38.1 Å². The summed E-state index contributed by atoms with van der Waals surface area (Å²) in [6, 6.07) is 6.56. The molecular weight excluding hydrogens is 666 g/mol. The molecule has 0 aliphatic carbocycles. The SMILES string of the molecule is CCCCCCCCCCCCCCCCS(=O)(=O)Nc1ccc(Cl)c(NC(=O)C(Nc2ccc([N+](=O)[O-])cc2C=N)C(=O)C(C)(C)C)c1. The van der Waals surface area contributed by atoms with Crippen LogP contribution in [0.1, 0.15) is 123 Å². The van der Waals surface area contributed by atoms with E-state index in [-0.39, 0.29) is 39.1 Å². The Morgan fingerprint density at radius 2 is 1.43 bits per heavy atom. The minimum absolute atomic E-state index is 0.0357. The van der Waals surface area contributed by atoms with Crippen molar-refractivity contribution >= 4 is 62.3 Å². The zero-order chi connectivity index (χ0) is 36.5. The summed E-state index contributed by atoms with van der Waals surface area (Å²) in [6.45, 7) is 7.17. The number of nitrogens with zero attached hydrogens (tertiary/aromatic N) is 1. The highest BCUT2D eigenvalue weighted by atomic mass is 35.5. The molecular formula is C36H54ClN5O6S. The lowest BCUT2D eigenvalue weighted by atomic mass is 9.86. The Morgan fingerprint density at radius 3 is 1.94 bits per heavy atom. The maximum absolute atomic E-state index is 13.5. The van der Waals surface area contributed by atoms with Gasteiger partial charge in [-0.05, 0) is 30.7 Å². The summed E-state index contributed by atoms with van der Waals surface area (Å²) in [7, 11) is -3.66. The van der Waals surface area contributed by atoms with E-state index in [0.29, 0.717) is 6.42 Å². The number of Topliss-reactive ketones (excluding diaryl/α,β-unsaturated/α-hetero) is 1. The molecule has 2 aromatic carbocycles. The number of anilines is 3. The molecule has 1 atom stereocenters. The van der Waals surface area contributed by atoms with Crippen LogP contribution in [0.5, 0.6) is 0 Å². The monoisotopic (exact) mass is 719 g/mol. The van der Waals surface area contributed by atoms with Crippen LogP contribution in [0, 0.1) is 20.9 Å². The van der Waals surface area contributed by atoms with Crippen LogP contribution in [0.2, 0.25) is 5.02 Å². The standard InChI is InChI=1S/C36H54ClN5O6S/c1-5-6-7-8-9-10-11-12-13-14-15-16-17-18-23-49(47,48)41-28-19-21-30(37)32(25-28)40-35(44)33(34(43)36(2,3)4)39-31-22-20-29(42(45)46)24-27(31)26-38/h19-22,24-26,33,38-39,41H,5-18,23H2,1-4H3,(H,40,44). The summed E-state index contributed by atoms with van der Waals surface area (Å²) in [6.07, 6.45) is 17.3. The van der Waals surface area contributed by atoms with Crippen LogP contribution in [0.3, 0.4) is 0 Å². The molecule has 0 bridgehead atoms. The van der Waals surface area contributed by atoms with E-state index in [4.69, 9.17) is 17.0 Å². The summed E-state index contributed by atoms with van der Waals surface area (Å²) in [4.78, 5) is 37.5. The lowest BCUT2D eigenvalue weighted by Crippen LogP contribution is -2.46. The average Bonchev–Trinajstić information content (AvgIpc) is 3.04. The molecule has 0 aliphatic rings. The van der Waals surface area contributed by atoms with Crippen molar-refractivity contribution in [1.29, 1.82) is 5.41 Å². The second-order valence-electron chi connectivity index (χ2n) is 13.6. The van der Waals surface area contributed by atoms with Gasteiger partial charge in [0.05, 0.1) is 27.1 Å². The first-order chi connectivity index (χ1) is 23.2. The van der Waals surface area contributed by atoms with Gasteiger partial charge in [0.1, 0.15) is 0 Å². The van der Waals surface area contributed by atoms with Crippen LogP contribution >= 0.6 is 11.6 Å². The Bertz CT molecular complexity index is 1510. The summed E-state index contributed by atoms with van der Waals surface area (Å²) in [5, 5.41) is 24.5. The molecule has 0 fully saturated rings. The highest BCUT2D eigenvalue weighted by molar-refractivity contribution is 7.92. The van der Waals surface area contributed by atoms with Crippen LogP contribution in [0.25, 0.3) is 0 Å². The van der Waals surface area contributed by atoms with Crippen LogP contribution in [0.4, 0.5) is 22.7 Å². The predicted molar refractivity (Wildman–Crippen MR) is 201 cm³/mol. The third-order valence-corrected chi connectivity index (χ3v) is 9.93. The Balaban J connectivity index is 1.94. The molecule has 13 heteroatoms. The number of hydrogen-bond acceptors (Lipinski definition) is 8. The Labute approximate surface area is 297 Å². The first-order valence-corrected chi connectivity index (χ1v) is 19.4. The number of sulfonamides is 1. The first kappa shape index (κ1) is 41.7. The molecule has 272 valence electrons. The van der Waals surface area contributed by atoms with E-state index in [1.54, 1.807) is 20.8 Å². The number of benzene rings is 2. The van der Waals surface area contributed by atoms with Gasteiger partial charge in [0, 0.05) is 35.0 Å². The molecule has 0 radical (unpaired) electrons. The maximum Gasteiger partial charge on any atom is 0.270 e. The van der Waals surface area contributed by atoms with Gasteiger partial charge in [-0.1, -0.05) is 123 Å². The molecule has 0 aliphatic heterocycles. The summed E-state index contributed by atoms with van der Waals surface area (Å²) in [5.74, 6) is -1.30. The van der Waals surface area contributed by atoms with Gasteiger partial charge in [0.15, 0.2) is 11.8 Å². The number of unbranched alkanes of at least 4 members (excludes halogenated alkanes) is 13. The van der Waals surface area contributed by atoms with Crippen molar-refractivity contribution in [2.75, 3.05) is 21.1 Å². The highest BCUT2D eigenvalue weighted by Crippen LogP contribution is 2.29. The Kier molecular flexibility index (Phi) is 17.7. The molecule has 11 nitrogen and oxygen atoms in total. The molecule has 0 heterocycles. The quantitative estimate of drug-likeness (QED) is 0.0275. The molecule has 4 N–H and O–H groups in total. The molecule has 2 aromatic rings. The van der Waals surface area contributed by atoms with Gasteiger partial charge in [0.2, 0.25) is 10.0 Å². The predicted octanol–water partition coefficient (Wildman–Crippen LogP) is 9.50. The van der Waals surface area contributed by atoms with Crippen LogP contribution in [-0.2, 0) is 19.6 Å².